The van der Waals surface area contributed by atoms with Crippen LogP contribution in [0.15, 0.2) is 30.3 Å². The number of hydrogen-bond acceptors (Lipinski definition) is 4. The first-order chi connectivity index (χ1) is 11.8. The van der Waals surface area contributed by atoms with Crippen molar-refractivity contribution >= 4 is 17.9 Å². The quantitative estimate of drug-likeness (QED) is 0.791. The molecule has 3 atom stereocenters. The third-order valence-corrected chi connectivity index (χ3v) is 5.00. The fraction of sp³-hybridized carbons (Fsp3) is 0.500. The monoisotopic (exact) mass is 348 g/mol. The van der Waals surface area contributed by atoms with Gasteiger partial charge in [0.15, 0.2) is 5.78 Å². The van der Waals surface area contributed by atoms with E-state index in [1.807, 2.05) is 30.3 Å². The molecule has 25 heavy (non-hydrogen) atoms. The summed E-state index contributed by atoms with van der Waals surface area (Å²) in [5.41, 5.74) is 6.91. The van der Waals surface area contributed by atoms with Gasteiger partial charge >= 0.3 is 12.1 Å². The highest BCUT2D eigenvalue weighted by Crippen LogP contribution is 2.29. The maximum absolute atomic E-state index is 12.8. The van der Waals surface area contributed by atoms with Crippen molar-refractivity contribution in [3.05, 3.63) is 35.9 Å². The predicted molar refractivity (Wildman–Crippen MR) is 93.0 cm³/mol. The Bertz CT molecular complexity index is 649. The molecule has 1 unspecified atom stereocenters. The summed E-state index contributed by atoms with van der Waals surface area (Å²) < 4.78 is -0.641. The van der Waals surface area contributed by atoms with E-state index < -0.39 is 22.6 Å². The zero-order chi connectivity index (χ0) is 18.6. The Kier molecular flexibility index (Phi) is 5.92. The number of hydrogen-bond donors (Lipinski definition) is 2. The number of quaternary nitrogens is 1. The van der Waals surface area contributed by atoms with Gasteiger partial charge in [-0.15, -0.1) is 4.48 Å². The molecular formula is C18H26N3O4+. The van der Waals surface area contributed by atoms with Gasteiger partial charge in [-0.2, -0.15) is 4.79 Å². The van der Waals surface area contributed by atoms with Gasteiger partial charge in [-0.05, 0) is 18.9 Å². The third-order valence-electron chi connectivity index (χ3n) is 5.00. The molecular weight excluding hydrogens is 322 g/mol. The highest BCUT2D eigenvalue weighted by molar-refractivity contribution is 5.89. The molecule has 2 rings (SSSR count). The van der Waals surface area contributed by atoms with Gasteiger partial charge in [-0.25, -0.2) is 4.79 Å². The number of likely N-dealkylation sites (N-methyl/N-ethyl adjacent to an activating group) is 1. The van der Waals surface area contributed by atoms with Crippen LogP contribution in [0.4, 0.5) is 9.59 Å². The number of benzene rings is 1. The third kappa shape index (κ3) is 3.88. The first-order valence-electron chi connectivity index (χ1n) is 8.48. The first kappa shape index (κ1) is 19.1. The summed E-state index contributed by atoms with van der Waals surface area (Å²) in [6.07, 6.45) is 0.571. The smallest absolute Gasteiger partial charge is 0.435 e. The van der Waals surface area contributed by atoms with Crippen molar-refractivity contribution in [3.8, 4) is 0 Å². The summed E-state index contributed by atoms with van der Waals surface area (Å²) in [7, 11) is 1.46. The van der Waals surface area contributed by atoms with Gasteiger partial charge < -0.3 is 10.8 Å². The fourth-order valence-electron chi connectivity index (χ4n) is 3.43. The van der Waals surface area contributed by atoms with Gasteiger partial charge in [-0.3, -0.25) is 9.69 Å². The van der Waals surface area contributed by atoms with Crippen LogP contribution in [0.25, 0.3) is 0 Å². The van der Waals surface area contributed by atoms with Crippen LogP contribution in [0, 0.1) is 0 Å². The minimum atomic E-state index is -1.16. The number of amides is 3. The Morgan fingerprint density at radius 3 is 2.48 bits per heavy atom. The molecule has 7 heteroatoms. The van der Waals surface area contributed by atoms with E-state index in [0.717, 1.165) is 5.56 Å². The van der Waals surface area contributed by atoms with Crippen LogP contribution in [-0.2, 0) is 11.2 Å². The van der Waals surface area contributed by atoms with Crippen molar-refractivity contribution in [1.29, 1.82) is 0 Å². The lowest BCUT2D eigenvalue weighted by atomic mass is 10.0. The van der Waals surface area contributed by atoms with Gasteiger partial charge in [0.25, 0.3) is 0 Å². The molecule has 0 bridgehead atoms. The maximum atomic E-state index is 12.8. The molecule has 3 N–H and O–H groups in total. The lowest BCUT2D eigenvalue weighted by Crippen LogP contribution is -2.63. The van der Waals surface area contributed by atoms with E-state index in [-0.39, 0.29) is 24.9 Å². The van der Waals surface area contributed by atoms with Crippen LogP contribution in [-0.4, -0.2) is 64.6 Å². The van der Waals surface area contributed by atoms with Gasteiger partial charge in [-0.1, -0.05) is 30.3 Å². The minimum Gasteiger partial charge on any atom is -0.435 e. The summed E-state index contributed by atoms with van der Waals surface area (Å²) >= 11 is 0. The molecule has 0 saturated carbocycles. The number of nitrogens with zero attached hydrogens (tertiary/aromatic N) is 2. The van der Waals surface area contributed by atoms with Gasteiger partial charge in [0.1, 0.15) is 6.04 Å². The van der Waals surface area contributed by atoms with E-state index in [1.165, 1.54) is 11.9 Å². The average Bonchev–Trinajstić information content (AvgIpc) is 2.97. The second kappa shape index (κ2) is 7.76. The predicted octanol–water partition coefficient (Wildman–Crippen LogP) is 1.85. The molecule has 7 nitrogen and oxygen atoms in total. The summed E-state index contributed by atoms with van der Waals surface area (Å²) in [5.74, 6) is -0.282. The normalized spacial score (nSPS) is 23.9. The second-order valence-corrected chi connectivity index (χ2v) is 6.77. The van der Waals surface area contributed by atoms with Crippen molar-refractivity contribution in [2.75, 3.05) is 20.1 Å². The van der Waals surface area contributed by atoms with Crippen molar-refractivity contribution in [2.24, 2.45) is 5.73 Å². The first-order valence-corrected chi connectivity index (χ1v) is 8.48. The zero-order valence-electron chi connectivity index (χ0n) is 14.7. The van der Waals surface area contributed by atoms with Gasteiger partial charge in [0, 0.05) is 19.9 Å². The van der Waals surface area contributed by atoms with Crippen molar-refractivity contribution in [3.63, 3.8) is 0 Å². The van der Waals surface area contributed by atoms with E-state index in [0.29, 0.717) is 19.3 Å². The van der Waals surface area contributed by atoms with Crippen LogP contribution in [0.3, 0.4) is 0 Å². The largest absolute Gasteiger partial charge is 0.523 e. The Balaban J connectivity index is 2.02. The molecule has 1 aromatic carbocycles. The van der Waals surface area contributed by atoms with E-state index in [9.17, 15) is 19.5 Å². The van der Waals surface area contributed by atoms with Crippen molar-refractivity contribution in [1.82, 2.24) is 4.90 Å². The van der Waals surface area contributed by atoms with Crippen LogP contribution in [0.1, 0.15) is 25.3 Å². The highest BCUT2D eigenvalue weighted by Gasteiger charge is 2.54. The number of carboxylic acid groups (broad SMARTS) is 1. The minimum absolute atomic E-state index is 0.188. The number of ketones is 1. The fourth-order valence-corrected chi connectivity index (χ4v) is 3.43. The number of likely N-dealkylation sites (tertiary alicyclic amines) is 1. The summed E-state index contributed by atoms with van der Waals surface area (Å²) in [4.78, 5) is 38.1. The van der Waals surface area contributed by atoms with Crippen molar-refractivity contribution in [2.45, 2.75) is 38.3 Å². The molecule has 0 aliphatic carbocycles. The van der Waals surface area contributed by atoms with E-state index in [1.54, 1.807) is 6.92 Å². The number of urea groups is 1. The summed E-state index contributed by atoms with van der Waals surface area (Å²) in [5, 5.41) is 9.61. The molecule has 1 saturated heterocycles. The Hall–Kier alpha value is -2.25. The molecule has 3 amide bonds. The zero-order valence-corrected chi connectivity index (χ0v) is 14.7. The topological polar surface area (TPSA) is 101 Å². The summed E-state index contributed by atoms with van der Waals surface area (Å²) in [6.45, 7) is 1.83. The average molecular weight is 348 g/mol. The molecule has 1 aliphatic rings. The lowest BCUT2D eigenvalue weighted by molar-refractivity contribution is -0.790. The number of nitrogens with two attached hydrogens (primary N) is 1. The molecule has 136 valence electrons. The highest BCUT2D eigenvalue weighted by atomic mass is 16.4. The summed E-state index contributed by atoms with van der Waals surface area (Å²) in [6, 6.07) is 7.81. The number of imide groups is 1. The standard InChI is InChI=1S/C18H25N3O4/c1-13-7-6-10-21(13,18(24)25)17(23)20(2)12-16(22)15(19)11-14-8-4-3-5-9-14/h3-5,8-9,13,15H,6-7,10-12,19H2,1-2H3/p+1/t13-,15+,21?/m1/s1. The lowest BCUT2D eigenvalue weighted by Gasteiger charge is -2.32. The van der Waals surface area contributed by atoms with Gasteiger partial charge in [0.2, 0.25) is 0 Å². The van der Waals surface area contributed by atoms with Crippen LogP contribution >= 0.6 is 0 Å². The van der Waals surface area contributed by atoms with Gasteiger partial charge in [0.05, 0.1) is 19.1 Å². The second-order valence-electron chi connectivity index (χ2n) is 6.77. The van der Waals surface area contributed by atoms with Crippen LogP contribution < -0.4 is 5.73 Å². The molecule has 1 fully saturated rings. The Morgan fingerprint density at radius 1 is 1.32 bits per heavy atom. The Morgan fingerprint density at radius 2 is 1.96 bits per heavy atom. The number of carbonyl (C=O) groups excluding carboxylic acids is 2. The maximum Gasteiger partial charge on any atom is 0.523 e. The van der Waals surface area contributed by atoms with E-state index in [4.69, 9.17) is 5.73 Å². The molecule has 1 aromatic rings. The van der Waals surface area contributed by atoms with E-state index >= 15 is 0 Å². The number of Topliss-reactive ketones (excluding diaryl/α,β-unsaturated/α-hetero) is 1. The molecule has 1 aliphatic heterocycles. The Labute approximate surface area is 147 Å². The molecule has 1 heterocycles. The molecule has 0 aromatic heterocycles. The molecule has 0 radical (unpaired) electrons. The number of carbonyl (C=O) groups is 3. The molecule has 0 spiro atoms. The van der Waals surface area contributed by atoms with Crippen LogP contribution in [0.2, 0.25) is 0 Å². The van der Waals surface area contributed by atoms with E-state index in [2.05, 4.69) is 0 Å². The van der Waals surface area contributed by atoms with Crippen molar-refractivity contribution < 1.29 is 24.0 Å². The SMILES string of the molecule is C[C@@H]1CCC[N+]1(C(=O)O)C(=O)N(C)CC(=O)[C@@H](N)Cc1ccccc1. The van der Waals surface area contributed by atoms with Crippen LogP contribution in [0.5, 0.6) is 0 Å². The number of rotatable bonds is 5.